The van der Waals surface area contributed by atoms with Crippen LogP contribution in [0.2, 0.25) is 0 Å². The molecule has 1 unspecified atom stereocenters. The molecule has 2 N–H and O–H groups in total. The van der Waals surface area contributed by atoms with Crippen LogP contribution in [-0.2, 0) is 11.3 Å². The van der Waals surface area contributed by atoms with Crippen LogP contribution >= 0.6 is 0 Å². The minimum atomic E-state index is 0.130. The van der Waals surface area contributed by atoms with E-state index in [1.165, 1.54) is 0 Å². The summed E-state index contributed by atoms with van der Waals surface area (Å²) in [5, 5.41) is 0. The summed E-state index contributed by atoms with van der Waals surface area (Å²) >= 11 is 0. The second kappa shape index (κ2) is 4.59. The van der Waals surface area contributed by atoms with Gasteiger partial charge in [-0.25, -0.2) is 4.98 Å². The molecule has 0 spiro atoms. The Morgan fingerprint density at radius 3 is 3.07 bits per heavy atom. The van der Waals surface area contributed by atoms with Gasteiger partial charge in [0, 0.05) is 18.7 Å². The first-order chi connectivity index (χ1) is 7.35. The molecule has 0 amide bonds. The van der Waals surface area contributed by atoms with E-state index in [4.69, 9.17) is 15.2 Å². The SMILES string of the molecule is COc1nc(C2CCCO2)ccc1CN. The third kappa shape index (κ3) is 2.11. The van der Waals surface area contributed by atoms with E-state index in [-0.39, 0.29) is 6.10 Å². The van der Waals surface area contributed by atoms with Gasteiger partial charge in [0.2, 0.25) is 5.88 Å². The van der Waals surface area contributed by atoms with Gasteiger partial charge in [-0.2, -0.15) is 0 Å². The van der Waals surface area contributed by atoms with Crippen LogP contribution in [0.15, 0.2) is 12.1 Å². The quantitative estimate of drug-likeness (QED) is 0.815. The Balaban J connectivity index is 2.25. The highest BCUT2D eigenvalue weighted by molar-refractivity contribution is 5.29. The van der Waals surface area contributed by atoms with Crippen LogP contribution in [0.5, 0.6) is 5.88 Å². The highest BCUT2D eigenvalue weighted by atomic mass is 16.5. The van der Waals surface area contributed by atoms with Crippen molar-refractivity contribution >= 4 is 0 Å². The molecule has 0 saturated carbocycles. The van der Waals surface area contributed by atoms with Gasteiger partial charge in [0.05, 0.1) is 18.9 Å². The van der Waals surface area contributed by atoms with E-state index in [0.717, 1.165) is 30.7 Å². The first-order valence-electron chi connectivity index (χ1n) is 5.20. The van der Waals surface area contributed by atoms with Crippen molar-refractivity contribution in [3.05, 3.63) is 23.4 Å². The molecule has 4 heteroatoms. The van der Waals surface area contributed by atoms with Crippen LogP contribution in [-0.4, -0.2) is 18.7 Å². The number of hydrogen-bond acceptors (Lipinski definition) is 4. The number of nitrogens with zero attached hydrogens (tertiary/aromatic N) is 1. The van der Waals surface area contributed by atoms with Crippen molar-refractivity contribution in [3.63, 3.8) is 0 Å². The van der Waals surface area contributed by atoms with E-state index >= 15 is 0 Å². The van der Waals surface area contributed by atoms with Gasteiger partial charge in [-0.15, -0.1) is 0 Å². The number of nitrogens with two attached hydrogens (primary N) is 1. The molecule has 2 rings (SSSR count). The van der Waals surface area contributed by atoms with Crippen LogP contribution in [0.3, 0.4) is 0 Å². The first-order valence-corrected chi connectivity index (χ1v) is 5.20. The van der Waals surface area contributed by atoms with Crippen molar-refractivity contribution in [2.24, 2.45) is 5.73 Å². The average molecular weight is 208 g/mol. The molecule has 1 saturated heterocycles. The lowest BCUT2D eigenvalue weighted by atomic mass is 10.1. The molecule has 4 nitrogen and oxygen atoms in total. The molecule has 0 aliphatic carbocycles. The average Bonchev–Trinajstić information content (AvgIpc) is 2.81. The van der Waals surface area contributed by atoms with E-state index in [1.807, 2.05) is 12.1 Å². The topological polar surface area (TPSA) is 57.4 Å². The summed E-state index contributed by atoms with van der Waals surface area (Å²) < 4.78 is 10.8. The Morgan fingerprint density at radius 1 is 1.60 bits per heavy atom. The van der Waals surface area contributed by atoms with Crippen molar-refractivity contribution < 1.29 is 9.47 Å². The van der Waals surface area contributed by atoms with Gasteiger partial charge in [-0.05, 0) is 18.9 Å². The summed E-state index contributed by atoms with van der Waals surface area (Å²) in [4.78, 5) is 4.42. The predicted molar refractivity (Wildman–Crippen MR) is 56.6 cm³/mol. The van der Waals surface area contributed by atoms with Gasteiger partial charge in [0.15, 0.2) is 0 Å². The third-order valence-corrected chi connectivity index (χ3v) is 2.63. The fourth-order valence-corrected chi connectivity index (χ4v) is 1.81. The zero-order valence-corrected chi connectivity index (χ0v) is 8.90. The molecule has 1 aromatic heterocycles. The Morgan fingerprint density at radius 2 is 2.47 bits per heavy atom. The van der Waals surface area contributed by atoms with Crippen molar-refractivity contribution in [2.45, 2.75) is 25.5 Å². The van der Waals surface area contributed by atoms with E-state index in [9.17, 15) is 0 Å². The van der Waals surface area contributed by atoms with Crippen LogP contribution in [0.1, 0.15) is 30.2 Å². The van der Waals surface area contributed by atoms with Crippen molar-refractivity contribution in [1.29, 1.82) is 0 Å². The lowest BCUT2D eigenvalue weighted by Gasteiger charge is -2.12. The number of ether oxygens (including phenoxy) is 2. The number of hydrogen-bond donors (Lipinski definition) is 1. The fraction of sp³-hybridized carbons (Fsp3) is 0.545. The van der Waals surface area contributed by atoms with Crippen LogP contribution in [0.25, 0.3) is 0 Å². The Hall–Kier alpha value is -1.13. The Kier molecular flexibility index (Phi) is 3.18. The maximum Gasteiger partial charge on any atom is 0.217 e. The number of rotatable bonds is 3. The lowest BCUT2D eigenvalue weighted by molar-refractivity contribution is 0.108. The van der Waals surface area contributed by atoms with E-state index < -0.39 is 0 Å². The summed E-state index contributed by atoms with van der Waals surface area (Å²) in [6.07, 6.45) is 2.27. The summed E-state index contributed by atoms with van der Waals surface area (Å²) in [5.74, 6) is 0.616. The van der Waals surface area contributed by atoms with Crippen molar-refractivity contribution in [2.75, 3.05) is 13.7 Å². The second-order valence-corrected chi connectivity index (χ2v) is 3.61. The molecule has 1 aliphatic heterocycles. The molecular formula is C11H16N2O2. The first kappa shape index (κ1) is 10.4. The number of pyridine rings is 1. The van der Waals surface area contributed by atoms with Gasteiger partial charge in [0.25, 0.3) is 0 Å². The molecule has 1 aromatic rings. The molecule has 0 aromatic carbocycles. The largest absolute Gasteiger partial charge is 0.481 e. The van der Waals surface area contributed by atoms with E-state index in [0.29, 0.717) is 12.4 Å². The molecule has 15 heavy (non-hydrogen) atoms. The molecule has 1 aliphatic rings. The fourth-order valence-electron chi connectivity index (χ4n) is 1.81. The van der Waals surface area contributed by atoms with Crippen molar-refractivity contribution in [3.8, 4) is 5.88 Å². The molecule has 1 atom stereocenters. The molecule has 0 bridgehead atoms. The van der Waals surface area contributed by atoms with Crippen LogP contribution in [0, 0.1) is 0 Å². The Labute approximate surface area is 89.4 Å². The maximum absolute atomic E-state index is 5.58. The predicted octanol–water partition coefficient (Wildman–Crippen LogP) is 1.40. The zero-order valence-electron chi connectivity index (χ0n) is 8.90. The zero-order chi connectivity index (χ0) is 10.7. The normalized spacial score (nSPS) is 20.5. The Bertz CT molecular complexity index is 335. The van der Waals surface area contributed by atoms with Crippen LogP contribution in [0.4, 0.5) is 0 Å². The third-order valence-electron chi connectivity index (χ3n) is 2.63. The summed E-state index contributed by atoms with van der Waals surface area (Å²) in [6, 6.07) is 3.93. The highest BCUT2D eigenvalue weighted by Crippen LogP contribution is 2.29. The smallest absolute Gasteiger partial charge is 0.217 e. The van der Waals surface area contributed by atoms with Gasteiger partial charge in [-0.3, -0.25) is 0 Å². The summed E-state index contributed by atoms with van der Waals surface area (Å²) in [7, 11) is 1.61. The highest BCUT2D eigenvalue weighted by Gasteiger charge is 2.20. The van der Waals surface area contributed by atoms with E-state index in [1.54, 1.807) is 7.11 Å². The number of aromatic nitrogens is 1. The lowest BCUT2D eigenvalue weighted by Crippen LogP contribution is -2.05. The summed E-state index contributed by atoms with van der Waals surface area (Å²) in [5.41, 5.74) is 7.45. The van der Waals surface area contributed by atoms with Gasteiger partial charge in [0.1, 0.15) is 0 Å². The molecule has 0 radical (unpaired) electrons. The van der Waals surface area contributed by atoms with Gasteiger partial charge in [-0.1, -0.05) is 6.07 Å². The van der Waals surface area contributed by atoms with Crippen molar-refractivity contribution in [1.82, 2.24) is 4.98 Å². The van der Waals surface area contributed by atoms with Crippen LogP contribution < -0.4 is 10.5 Å². The molecule has 1 fully saturated rings. The van der Waals surface area contributed by atoms with E-state index in [2.05, 4.69) is 4.98 Å². The standard InChI is InChI=1S/C11H16N2O2/c1-14-11-8(7-12)4-5-9(13-11)10-3-2-6-15-10/h4-5,10H,2-3,6-7,12H2,1H3. The molecule has 2 heterocycles. The minimum Gasteiger partial charge on any atom is -0.481 e. The molecule has 82 valence electrons. The van der Waals surface area contributed by atoms with Gasteiger partial charge >= 0.3 is 0 Å². The summed E-state index contributed by atoms with van der Waals surface area (Å²) in [6.45, 7) is 1.27. The minimum absolute atomic E-state index is 0.130. The van der Waals surface area contributed by atoms with Gasteiger partial charge < -0.3 is 15.2 Å². The maximum atomic E-state index is 5.58. The molecular weight excluding hydrogens is 192 g/mol. The monoisotopic (exact) mass is 208 g/mol. The number of methoxy groups -OCH3 is 1. The second-order valence-electron chi connectivity index (χ2n) is 3.61.